The largest absolute Gasteiger partial charge is 0.386 e. The van der Waals surface area contributed by atoms with Gasteiger partial charge in [0.25, 0.3) is 0 Å². The highest BCUT2D eigenvalue weighted by atomic mass is 32.1. The molecular formula is C22H20FN5O2S. The maximum absolute atomic E-state index is 15.0. The number of hydrogen-bond donors (Lipinski definition) is 2. The van der Waals surface area contributed by atoms with Crippen LogP contribution in [-0.2, 0) is 0 Å². The molecule has 1 saturated heterocycles. The van der Waals surface area contributed by atoms with E-state index in [1.807, 2.05) is 0 Å². The van der Waals surface area contributed by atoms with Crippen LogP contribution in [0.3, 0.4) is 0 Å². The van der Waals surface area contributed by atoms with E-state index in [-0.39, 0.29) is 24.8 Å². The van der Waals surface area contributed by atoms with Crippen LogP contribution in [0.25, 0.3) is 21.7 Å². The van der Waals surface area contributed by atoms with Crippen molar-refractivity contribution in [3.8, 4) is 27.8 Å². The number of carbonyl (C=O) groups is 1. The number of urea groups is 1. The number of nitrogens with one attached hydrogen (secondary N) is 1. The Balaban J connectivity index is 1.78. The summed E-state index contributed by atoms with van der Waals surface area (Å²) in [4.78, 5) is 23.2. The molecule has 158 valence electrons. The van der Waals surface area contributed by atoms with E-state index in [0.29, 0.717) is 38.1 Å². The van der Waals surface area contributed by atoms with E-state index < -0.39 is 11.4 Å². The van der Waals surface area contributed by atoms with Gasteiger partial charge in [-0.25, -0.2) is 14.2 Å². The topological polar surface area (TPSA) is 102 Å². The van der Waals surface area contributed by atoms with Crippen molar-refractivity contribution in [2.45, 2.75) is 26.4 Å². The summed E-state index contributed by atoms with van der Waals surface area (Å²) in [6.07, 6.45) is 0. The third-order valence-corrected chi connectivity index (χ3v) is 5.96. The number of rotatable bonds is 3. The monoisotopic (exact) mass is 437 g/mol. The minimum absolute atomic E-state index is 0.228. The fourth-order valence-electron chi connectivity index (χ4n) is 3.56. The minimum Gasteiger partial charge on any atom is -0.386 e. The number of benzene rings is 1. The molecule has 3 aromatic rings. The number of aliphatic hydroxyl groups is 1. The Kier molecular flexibility index (Phi) is 5.21. The highest BCUT2D eigenvalue weighted by Gasteiger charge is 2.39. The van der Waals surface area contributed by atoms with Crippen LogP contribution in [0.2, 0.25) is 0 Å². The van der Waals surface area contributed by atoms with Gasteiger partial charge in [-0.2, -0.15) is 5.26 Å². The Labute approximate surface area is 182 Å². The van der Waals surface area contributed by atoms with E-state index >= 15 is 0 Å². The molecule has 1 aliphatic heterocycles. The molecule has 3 heterocycles. The van der Waals surface area contributed by atoms with Gasteiger partial charge in [0.05, 0.1) is 46.6 Å². The smallest absolute Gasteiger partial charge is 0.323 e. The lowest BCUT2D eigenvalue weighted by atomic mass is 9.98. The number of hydrogen-bond acceptors (Lipinski definition) is 6. The maximum atomic E-state index is 15.0. The van der Waals surface area contributed by atoms with E-state index in [1.54, 1.807) is 51.1 Å². The van der Waals surface area contributed by atoms with Crippen molar-refractivity contribution in [1.82, 2.24) is 14.9 Å². The third kappa shape index (κ3) is 4.13. The molecule has 1 fully saturated rings. The quantitative estimate of drug-likeness (QED) is 0.642. The fourth-order valence-corrected chi connectivity index (χ4v) is 4.54. The van der Waals surface area contributed by atoms with Gasteiger partial charge in [-0.05, 0) is 39.0 Å². The summed E-state index contributed by atoms with van der Waals surface area (Å²) in [6.45, 7) is 5.50. The third-order valence-electron chi connectivity index (χ3n) is 4.95. The maximum Gasteiger partial charge on any atom is 0.323 e. The van der Waals surface area contributed by atoms with Gasteiger partial charge in [0.2, 0.25) is 0 Å². The fraction of sp³-hybridized carbons (Fsp3) is 0.273. The zero-order chi connectivity index (χ0) is 22.3. The Morgan fingerprint density at radius 3 is 2.74 bits per heavy atom. The number of aryl methyl sites for hydroxylation is 2. The zero-order valence-electron chi connectivity index (χ0n) is 17.2. The van der Waals surface area contributed by atoms with Crippen molar-refractivity contribution in [3.05, 3.63) is 53.1 Å². The molecule has 0 saturated carbocycles. The average molecular weight is 438 g/mol. The standard InChI is InChI=1S/C22H20FN5O2S/c1-12-7-16(17(23)13(2)25-12)19-18(15-6-4-5-14(8-15)9-24)26-20(31-19)27-21(29)28-10-22(3,30)11-28/h4-8,30H,10-11H2,1-3H3,(H,26,27,29). The molecule has 2 amide bonds. The first-order chi connectivity index (χ1) is 14.7. The van der Waals surface area contributed by atoms with E-state index in [9.17, 15) is 19.6 Å². The first-order valence-corrected chi connectivity index (χ1v) is 10.4. The number of β-amino-alcohol motifs (C(OH)–C–C–N with tert-alkyl or cyclic N) is 1. The first kappa shape index (κ1) is 20.9. The predicted molar refractivity (Wildman–Crippen MR) is 116 cm³/mol. The first-order valence-electron chi connectivity index (χ1n) is 9.60. The molecule has 2 aromatic heterocycles. The van der Waals surface area contributed by atoms with E-state index in [0.717, 1.165) is 11.3 Å². The summed E-state index contributed by atoms with van der Waals surface area (Å²) in [5, 5.41) is 22.2. The molecule has 0 unspecified atom stereocenters. The van der Waals surface area contributed by atoms with Crippen LogP contribution in [0.15, 0.2) is 30.3 Å². The number of carbonyl (C=O) groups excluding carboxylic acids is 1. The highest BCUT2D eigenvalue weighted by Crippen LogP contribution is 2.41. The van der Waals surface area contributed by atoms with Crippen LogP contribution >= 0.6 is 11.3 Å². The number of amides is 2. The van der Waals surface area contributed by atoms with Gasteiger partial charge in [0, 0.05) is 16.8 Å². The minimum atomic E-state index is -0.885. The Morgan fingerprint density at radius 1 is 1.32 bits per heavy atom. The van der Waals surface area contributed by atoms with Crippen LogP contribution in [0.5, 0.6) is 0 Å². The molecular weight excluding hydrogens is 417 g/mol. The molecule has 0 aliphatic carbocycles. The number of halogens is 1. The number of nitrogens with zero attached hydrogens (tertiary/aromatic N) is 4. The molecule has 9 heteroatoms. The summed E-state index contributed by atoms with van der Waals surface area (Å²) in [6, 6.07) is 10.2. The van der Waals surface area contributed by atoms with Crippen LogP contribution in [0, 0.1) is 31.0 Å². The van der Waals surface area contributed by atoms with Crippen molar-refractivity contribution in [1.29, 1.82) is 5.26 Å². The predicted octanol–water partition coefficient (Wildman–Crippen LogP) is 4.10. The summed E-state index contributed by atoms with van der Waals surface area (Å²) >= 11 is 1.15. The molecule has 0 bridgehead atoms. The van der Waals surface area contributed by atoms with Gasteiger partial charge in [0.1, 0.15) is 0 Å². The molecule has 0 atom stereocenters. The second kappa shape index (κ2) is 7.72. The Hall–Kier alpha value is -3.35. The number of nitriles is 1. The van der Waals surface area contributed by atoms with Gasteiger partial charge in [-0.15, -0.1) is 0 Å². The van der Waals surface area contributed by atoms with Crippen LogP contribution < -0.4 is 5.32 Å². The lowest BCUT2D eigenvalue weighted by molar-refractivity contribution is -0.0581. The van der Waals surface area contributed by atoms with Gasteiger partial charge in [-0.3, -0.25) is 10.3 Å². The lowest BCUT2D eigenvalue weighted by Crippen LogP contribution is -2.62. The van der Waals surface area contributed by atoms with Gasteiger partial charge >= 0.3 is 6.03 Å². The lowest BCUT2D eigenvalue weighted by Gasteiger charge is -2.43. The second-order valence-electron chi connectivity index (χ2n) is 7.88. The van der Waals surface area contributed by atoms with E-state index in [4.69, 9.17) is 0 Å². The number of thiazole rings is 1. The zero-order valence-corrected chi connectivity index (χ0v) is 18.0. The average Bonchev–Trinajstić information content (AvgIpc) is 3.12. The molecule has 4 rings (SSSR count). The normalized spacial score (nSPS) is 14.6. The number of aromatic nitrogens is 2. The molecule has 2 N–H and O–H groups in total. The van der Waals surface area contributed by atoms with Crippen molar-refractivity contribution < 1.29 is 14.3 Å². The summed E-state index contributed by atoms with van der Waals surface area (Å²) in [5.41, 5.74) is 1.95. The molecule has 1 aliphatic rings. The summed E-state index contributed by atoms with van der Waals surface area (Å²) in [5.74, 6) is -0.455. The van der Waals surface area contributed by atoms with E-state index in [2.05, 4.69) is 21.4 Å². The van der Waals surface area contributed by atoms with Crippen molar-refractivity contribution >= 4 is 22.5 Å². The molecule has 31 heavy (non-hydrogen) atoms. The van der Waals surface area contributed by atoms with Gasteiger partial charge in [0.15, 0.2) is 10.9 Å². The number of likely N-dealkylation sites (tertiary alicyclic amines) is 1. The number of anilines is 1. The molecule has 0 spiro atoms. The SMILES string of the molecule is Cc1cc(-c2sc(NC(=O)N3CC(C)(O)C3)nc2-c2cccc(C#N)c2)c(F)c(C)n1. The van der Waals surface area contributed by atoms with E-state index in [1.165, 1.54) is 4.90 Å². The van der Waals surface area contributed by atoms with Crippen molar-refractivity contribution in [3.63, 3.8) is 0 Å². The van der Waals surface area contributed by atoms with Gasteiger partial charge in [-0.1, -0.05) is 23.5 Å². The summed E-state index contributed by atoms with van der Waals surface area (Å²) < 4.78 is 15.0. The van der Waals surface area contributed by atoms with Crippen LogP contribution in [-0.4, -0.2) is 44.7 Å². The highest BCUT2D eigenvalue weighted by molar-refractivity contribution is 7.19. The number of pyridine rings is 1. The molecule has 1 aromatic carbocycles. The van der Waals surface area contributed by atoms with Crippen molar-refractivity contribution in [2.24, 2.45) is 0 Å². The van der Waals surface area contributed by atoms with Gasteiger partial charge < -0.3 is 10.0 Å². The molecule has 0 radical (unpaired) electrons. The Bertz CT molecular complexity index is 1220. The van der Waals surface area contributed by atoms with Crippen LogP contribution in [0.1, 0.15) is 23.9 Å². The Morgan fingerprint density at radius 2 is 2.06 bits per heavy atom. The second-order valence-corrected chi connectivity index (χ2v) is 8.88. The molecule has 7 nitrogen and oxygen atoms in total. The van der Waals surface area contributed by atoms with Crippen molar-refractivity contribution in [2.75, 3.05) is 18.4 Å². The van der Waals surface area contributed by atoms with Crippen LogP contribution in [0.4, 0.5) is 14.3 Å². The summed E-state index contributed by atoms with van der Waals surface area (Å²) in [7, 11) is 0.